The van der Waals surface area contributed by atoms with Gasteiger partial charge in [-0.05, 0) is 37.1 Å². The minimum Gasteiger partial charge on any atom is -0.478 e. The highest BCUT2D eigenvalue weighted by molar-refractivity contribution is 5.87. The highest BCUT2D eigenvalue weighted by atomic mass is 16.4. The number of aryl methyl sites for hydroxylation is 1. The Balaban J connectivity index is 2.15. The largest absolute Gasteiger partial charge is 0.478 e. The van der Waals surface area contributed by atoms with E-state index in [-0.39, 0.29) is 11.1 Å². The van der Waals surface area contributed by atoms with Gasteiger partial charge in [-0.1, -0.05) is 49.2 Å². The van der Waals surface area contributed by atoms with Crippen LogP contribution in [0.4, 0.5) is 0 Å². The lowest BCUT2D eigenvalue weighted by Gasteiger charge is -2.08. The molecular weight excluding hydrogens is 328 g/mol. The summed E-state index contributed by atoms with van der Waals surface area (Å²) in [5, 5.41) is 9.15. The minimum absolute atomic E-state index is 0.0619. The molecule has 1 N–H and O–H groups in total. The van der Waals surface area contributed by atoms with Gasteiger partial charge in [-0.2, -0.15) is 0 Å². The first-order valence-electron chi connectivity index (χ1n) is 8.53. The van der Waals surface area contributed by atoms with Crippen molar-refractivity contribution < 1.29 is 9.90 Å². The Morgan fingerprint density at radius 3 is 2.73 bits per heavy atom. The second-order valence-corrected chi connectivity index (χ2v) is 6.23. The topological polar surface area (TPSA) is 71.7 Å². The fourth-order valence-corrected chi connectivity index (χ4v) is 2.89. The number of benzene rings is 1. The molecule has 0 spiro atoms. The molecule has 0 saturated carbocycles. The molecule has 3 aromatic rings. The monoisotopic (exact) mass is 348 g/mol. The van der Waals surface area contributed by atoms with Crippen molar-refractivity contribution in [1.82, 2.24) is 9.38 Å². The molecule has 0 aliphatic heterocycles. The molecule has 0 unspecified atom stereocenters. The number of carboxylic acids is 1. The van der Waals surface area contributed by atoms with Crippen LogP contribution in [0, 0.1) is 6.92 Å². The molecule has 2 heterocycles. The second kappa shape index (κ2) is 7.35. The zero-order valence-corrected chi connectivity index (χ0v) is 14.8. The third-order valence-electron chi connectivity index (χ3n) is 4.17. The molecule has 0 fully saturated rings. The fraction of sp³-hybridized carbons (Fsp3) is 0.190. The Morgan fingerprint density at radius 1 is 1.23 bits per heavy atom. The summed E-state index contributed by atoms with van der Waals surface area (Å²) in [5.41, 5.74) is 3.70. The number of rotatable bonds is 5. The van der Waals surface area contributed by atoms with E-state index >= 15 is 0 Å². The number of fused-ring (bicyclic) bond motifs is 1. The molecule has 0 bridgehead atoms. The summed E-state index contributed by atoms with van der Waals surface area (Å²) in [7, 11) is 0. The minimum atomic E-state index is -1.07. The Labute approximate surface area is 151 Å². The van der Waals surface area contributed by atoms with Gasteiger partial charge in [0, 0.05) is 11.8 Å². The molecule has 132 valence electrons. The van der Waals surface area contributed by atoms with E-state index < -0.39 is 5.97 Å². The Morgan fingerprint density at radius 2 is 2.04 bits per heavy atom. The lowest BCUT2D eigenvalue weighted by molar-refractivity contribution is 0.0696. The van der Waals surface area contributed by atoms with Gasteiger partial charge in [-0.3, -0.25) is 9.20 Å². The molecule has 0 aliphatic carbocycles. The summed E-state index contributed by atoms with van der Waals surface area (Å²) in [6.45, 7) is 4.02. The maximum atomic E-state index is 12.9. The number of pyridine rings is 1. The van der Waals surface area contributed by atoms with Gasteiger partial charge in [0.25, 0.3) is 5.56 Å². The van der Waals surface area contributed by atoms with E-state index in [0.717, 1.165) is 17.5 Å². The van der Waals surface area contributed by atoms with Crippen molar-refractivity contribution >= 4 is 23.8 Å². The lowest BCUT2D eigenvalue weighted by atomic mass is 10.1. The number of carbonyl (C=O) groups is 1. The maximum Gasteiger partial charge on any atom is 0.337 e. The first-order chi connectivity index (χ1) is 12.5. The Kier molecular flexibility index (Phi) is 4.98. The van der Waals surface area contributed by atoms with E-state index in [0.29, 0.717) is 23.3 Å². The van der Waals surface area contributed by atoms with Gasteiger partial charge in [0.05, 0.1) is 11.3 Å². The van der Waals surface area contributed by atoms with Crippen LogP contribution < -0.4 is 5.56 Å². The molecule has 0 radical (unpaired) electrons. The average molecular weight is 348 g/mol. The molecule has 0 aliphatic rings. The molecular formula is C21H20N2O3. The predicted octanol–water partition coefficient (Wildman–Crippen LogP) is 3.82. The van der Waals surface area contributed by atoms with Crippen LogP contribution in [0.25, 0.3) is 17.8 Å². The number of aromatic nitrogens is 2. The van der Waals surface area contributed by atoms with E-state index in [2.05, 4.69) is 11.1 Å². The van der Waals surface area contributed by atoms with Crippen LogP contribution in [0.2, 0.25) is 0 Å². The zero-order valence-electron chi connectivity index (χ0n) is 14.8. The van der Waals surface area contributed by atoms with Gasteiger partial charge in [-0.15, -0.1) is 0 Å². The van der Waals surface area contributed by atoms with E-state index in [1.165, 1.54) is 16.7 Å². The van der Waals surface area contributed by atoms with Crippen LogP contribution in [0.3, 0.4) is 0 Å². The molecule has 5 heteroatoms. The number of hydrogen-bond donors (Lipinski definition) is 1. The van der Waals surface area contributed by atoms with E-state index in [4.69, 9.17) is 5.11 Å². The number of hydrogen-bond acceptors (Lipinski definition) is 3. The van der Waals surface area contributed by atoms with Crippen LogP contribution in [0.15, 0.2) is 47.4 Å². The molecule has 26 heavy (non-hydrogen) atoms. The van der Waals surface area contributed by atoms with Crippen molar-refractivity contribution in [2.75, 3.05) is 0 Å². The van der Waals surface area contributed by atoms with E-state index in [1.807, 2.05) is 44.2 Å². The second-order valence-electron chi connectivity index (χ2n) is 6.23. The van der Waals surface area contributed by atoms with Crippen molar-refractivity contribution in [3.8, 4) is 0 Å². The average Bonchev–Trinajstić information content (AvgIpc) is 2.62. The van der Waals surface area contributed by atoms with Crippen molar-refractivity contribution in [3.63, 3.8) is 0 Å². The molecule has 3 rings (SSSR count). The lowest BCUT2D eigenvalue weighted by Crippen LogP contribution is -2.22. The van der Waals surface area contributed by atoms with E-state index in [9.17, 15) is 9.59 Å². The number of aromatic carboxylic acids is 1. The quantitative estimate of drug-likeness (QED) is 0.761. The van der Waals surface area contributed by atoms with Crippen molar-refractivity contribution in [2.45, 2.75) is 26.7 Å². The summed E-state index contributed by atoms with van der Waals surface area (Å²) in [5.74, 6) is -1.07. The third kappa shape index (κ3) is 3.57. The zero-order chi connectivity index (χ0) is 18.7. The highest BCUT2D eigenvalue weighted by Gasteiger charge is 2.12. The van der Waals surface area contributed by atoms with Gasteiger partial charge in [0.1, 0.15) is 5.65 Å². The molecule has 0 saturated heterocycles. The van der Waals surface area contributed by atoms with Crippen molar-refractivity contribution in [2.24, 2.45) is 0 Å². The number of carboxylic acid groups (broad SMARTS) is 1. The summed E-state index contributed by atoms with van der Waals surface area (Å²) in [6.07, 6.45) is 6.51. The van der Waals surface area contributed by atoms with Gasteiger partial charge >= 0.3 is 5.97 Å². The Bertz CT molecular complexity index is 1060. The summed E-state index contributed by atoms with van der Waals surface area (Å²) < 4.78 is 1.32. The normalized spacial score (nSPS) is 11.3. The highest BCUT2D eigenvalue weighted by Crippen LogP contribution is 2.14. The van der Waals surface area contributed by atoms with Crippen LogP contribution in [-0.2, 0) is 6.42 Å². The molecule has 0 atom stereocenters. The predicted molar refractivity (Wildman–Crippen MR) is 103 cm³/mol. The molecule has 0 amide bonds. The number of nitrogens with zero attached hydrogens (tertiary/aromatic N) is 2. The maximum absolute atomic E-state index is 12.9. The van der Waals surface area contributed by atoms with Crippen molar-refractivity contribution in [3.05, 3.63) is 80.9 Å². The van der Waals surface area contributed by atoms with Gasteiger partial charge in [-0.25, -0.2) is 9.78 Å². The summed E-state index contributed by atoms with van der Waals surface area (Å²) >= 11 is 0. The van der Waals surface area contributed by atoms with Gasteiger partial charge in [0.2, 0.25) is 0 Å². The van der Waals surface area contributed by atoms with Crippen LogP contribution in [-0.4, -0.2) is 20.5 Å². The van der Waals surface area contributed by atoms with Crippen LogP contribution in [0.1, 0.15) is 46.1 Å². The van der Waals surface area contributed by atoms with Gasteiger partial charge < -0.3 is 5.11 Å². The molecule has 5 nitrogen and oxygen atoms in total. The standard InChI is InChI=1S/C21H20N2O3/c1-3-5-17-18(10-8-15-7-4-6-14(2)12-15)22-19-11-9-16(21(25)26)13-23(19)20(17)24/h4,6-13H,3,5H2,1-2H3,(H,25,26). The Hall–Kier alpha value is -3.21. The SMILES string of the molecule is CCCc1c(C=Cc2cccc(C)c2)nc2ccc(C(=O)O)cn2c1=O. The summed E-state index contributed by atoms with van der Waals surface area (Å²) in [6, 6.07) is 11.1. The molecule has 2 aromatic heterocycles. The fourth-order valence-electron chi connectivity index (χ4n) is 2.89. The van der Waals surface area contributed by atoms with Crippen LogP contribution in [0.5, 0.6) is 0 Å². The first kappa shape index (κ1) is 17.6. The van der Waals surface area contributed by atoms with E-state index in [1.54, 1.807) is 6.07 Å². The first-order valence-corrected chi connectivity index (χ1v) is 8.53. The third-order valence-corrected chi connectivity index (χ3v) is 4.17. The molecule has 1 aromatic carbocycles. The van der Waals surface area contributed by atoms with Gasteiger partial charge in [0.15, 0.2) is 0 Å². The smallest absolute Gasteiger partial charge is 0.337 e. The summed E-state index contributed by atoms with van der Waals surface area (Å²) in [4.78, 5) is 28.6. The van der Waals surface area contributed by atoms with Crippen molar-refractivity contribution in [1.29, 1.82) is 0 Å². The van der Waals surface area contributed by atoms with Crippen LogP contribution >= 0.6 is 0 Å².